The molecule has 0 unspecified atom stereocenters. The van der Waals surface area contributed by atoms with Gasteiger partial charge in [0.25, 0.3) is 5.91 Å². The molecule has 0 aliphatic carbocycles. The number of nitrogens with one attached hydrogen (secondary N) is 2. The van der Waals surface area contributed by atoms with Gasteiger partial charge >= 0.3 is 0 Å². The van der Waals surface area contributed by atoms with Gasteiger partial charge in [0.05, 0.1) is 5.69 Å². The van der Waals surface area contributed by atoms with E-state index in [0.717, 1.165) is 22.6 Å². The van der Waals surface area contributed by atoms with Crippen LogP contribution in [0.3, 0.4) is 0 Å². The fourth-order valence-corrected chi connectivity index (χ4v) is 3.37. The highest BCUT2D eigenvalue weighted by atomic mass is 16.5. The molecule has 168 valence electrons. The molecule has 4 aromatic heterocycles. The Morgan fingerprint density at radius 2 is 1.79 bits per heavy atom. The minimum Gasteiger partial charge on any atom is -0.355 e. The molecule has 0 radical (unpaired) electrons. The summed E-state index contributed by atoms with van der Waals surface area (Å²) >= 11 is 0. The molecule has 10 nitrogen and oxygen atoms in total. The van der Waals surface area contributed by atoms with Gasteiger partial charge in [0.15, 0.2) is 23.1 Å². The van der Waals surface area contributed by atoms with Crippen molar-refractivity contribution in [3.05, 3.63) is 90.1 Å². The van der Waals surface area contributed by atoms with Crippen LogP contribution in [-0.2, 0) is 0 Å². The van der Waals surface area contributed by atoms with Crippen LogP contribution in [0.5, 0.6) is 0 Å². The van der Waals surface area contributed by atoms with Gasteiger partial charge in [-0.1, -0.05) is 5.16 Å². The Hall–Kier alpha value is -4.86. The summed E-state index contributed by atoms with van der Waals surface area (Å²) in [5.74, 6) is 1.34. The van der Waals surface area contributed by atoms with Crippen LogP contribution in [0, 0.1) is 13.8 Å². The number of nitrogens with zero attached hydrogens (tertiary/aromatic N) is 6. The molecular weight excluding hydrogens is 432 g/mol. The van der Waals surface area contributed by atoms with E-state index in [-0.39, 0.29) is 11.6 Å². The lowest BCUT2D eigenvalue weighted by molar-refractivity contribution is 0.101. The first-order chi connectivity index (χ1) is 16.5. The topological polar surface area (TPSA) is 124 Å². The van der Waals surface area contributed by atoms with Crippen molar-refractivity contribution in [2.75, 3.05) is 10.6 Å². The summed E-state index contributed by atoms with van der Waals surface area (Å²) in [6.45, 7) is 3.90. The Morgan fingerprint density at radius 3 is 2.47 bits per heavy atom. The number of amides is 1. The van der Waals surface area contributed by atoms with Gasteiger partial charge in [-0.25, -0.2) is 4.68 Å². The summed E-state index contributed by atoms with van der Waals surface area (Å²) in [6.07, 6.45) is 3.31. The molecule has 5 rings (SSSR count). The summed E-state index contributed by atoms with van der Waals surface area (Å²) in [5, 5.41) is 22.7. The number of aromatic nitrogens is 6. The van der Waals surface area contributed by atoms with Gasteiger partial charge in [-0.3, -0.25) is 9.78 Å². The fourth-order valence-electron chi connectivity index (χ4n) is 3.37. The molecule has 2 N–H and O–H groups in total. The lowest BCUT2D eigenvalue weighted by atomic mass is 10.2. The standard InChI is InChI=1S/C24H20N8O2/c1-15-12-16(2)32(30-15)23-10-9-22(28-29-23)26-18-5-7-19(8-6-18)27-24(33)20-13-21(34-31-20)17-4-3-11-25-14-17/h3-14H,1-2H3,(H,26,28)(H,27,33). The molecule has 5 aromatic rings. The van der Waals surface area contributed by atoms with Crippen LogP contribution in [-0.4, -0.2) is 36.0 Å². The second-order valence-corrected chi connectivity index (χ2v) is 7.59. The Balaban J connectivity index is 1.21. The molecule has 1 amide bonds. The normalized spacial score (nSPS) is 10.8. The van der Waals surface area contributed by atoms with Crippen molar-refractivity contribution < 1.29 is 9.32 Å². The summed E-state index contributed by atoms with van der Waals surface area (Å²) in [4.78, 5) is 16.6. The zero-order chi connectivity index (χ0) is 23.5. The number of rotatable bonds is 6. The summed E-state index contributed by atoms with van der Waals surface area (Å²) in [5.41, 5.74) is 4.25. The lowest BCUT2D eigenvalue weighted by Crippen LogP contribution is -2.12. The molecule has 0 fully saturated rings. The van der Waals surface area contributed by atoms with E-state index in [1.807, 2.05) is 50.2 Å². The highest BCUT2D eigenvalue weighted by Crippen LogP contribution is 2.21. The first kappa shape index (κ1) is 21.0. The number of carbonyl (C=O) groups is 1. The van der Waals surface area contributed by atoms with Crippen molar-refractivity contribution in [3.63, 3.8) is 0 Å². The Morgan fingerprint density at radius 1 is 0.971 bits per heavy atom. The second kappa shape index (κ2) is 8.94. The fraction of sp³-hybridized carbons (Fsp3) is 0.0833. The zero-order valence-corrected chi connectivity index (χ0v) is 18.4. The van der Waals surface area contributed by atoms with E-state index in [4.69, 9.17) is 4.52 Å². The molecular formula is C24H20N8O2. The van der Waals surface area contributed by atoms with Crippen LogP contribution in [0.15, 0.2) is 77.6 Å². The van der Waals surface area contributed by atoms with Crippen molar-refractivity contribution in [1.82, 2.24) is 30.1 Å². The minimum absolute atomic E-state index is 0.180. The van der Waals surface area contributed by atoms with Gasteiger partial charge in [0.2, 0.25) is 0 Å². The van der Waals surface area contributed by atoms with Crippen molar-refractivity contribution in [1.29, 1.82) is 0 Å². The average molecular weight is 452 g/mol. The highest BCUT2D eigenvalue weighted by molar-refractivity contribution is 6.03. The number of anilines is 3. The molecule has 34 heavy (non-hydrogen) atoms. The molecule has 1 aromatic carbocycles. The minimum atomic E-state index is -0.370. The number of hydrogen-bond donors (Lipinski definition) is 2. The van der Waals surface area contributed by atoms with Gasteiger partial charge < -0.3 is 15.2 Å². The third kappa shape index (κ3) is 4.51. The highest BCUT2D eigenvalue weighted by Gasteiger charge is 2.14. The van der Waals surface area contributed by atoms with E-state index in [1.54, 1.807) is 41.3 Å². The first-order valence-electron chi connectivity index (χ1n) is 10.5. The molecule has 0 saturated carbocycles. The molecule has 0 spiro atoms. The van der Waals surface area contributed by atoms with E-state index in [1.165, 1.54) is 0 Å². The Kier molecular flexibility index (Phi) is 5.53. The van der Waals surface area contributed by atoms with Crippen LogP contribution in [0.4, 0.5) is 17.2 Å². The summed E-state index contributed by atoms with van der Waals surface area (Å²) < 4.78 is 7.01. The van der Waals surface area contributed by atoms with Gasteiger partial charge in [0.1, 0.15) is 0 Å². The quantitative estimate of drug-likeness (QED) is 0.390. The summed E-state index contributed by atoms with van der Waals surface area (Å²) in [7, 11) is 0. The van der Waals surface area contributed by atoms with E-state index < -0.39 is 0 Å². The Bertz CT molecular complexity index is 1420. The zero-order valence-electron chi connectivity index (χ0n) is 18.4. The van der Waals surface area contributed by atoms with Crippen LogP contribution < -0.4 is 10.6 Å². The van der Waals surface area contributed by atoms with Crippen LogP contribution >= 0.6 is 0 Å². The van der Waals surface area contributed by atoms with E-state index in [0.29, 0.717) is 23.1 Å². The van der Waals surface area contributed by atoms with Crippen molar-refractivity contribution >= 4 is 23.1 Å². The molecule has 0 aliphatic heterocycles. The van der Waals surface area contributed by atoms with Crippen molar-refractivity contribution in [3.8, 4) is 17.1 Å². The largest absolute Gasteiger partial charge is 0.355 e. The second-order valence-electron chi connectivity index (χ2n) is 7.59. The number of benzene rings is 1. The maximum absolute atomic E-state index is 12.5. The predicted octanol–water partition coefficient (Wildman–Crippen LogP) is 4.33. The van der Waals surface area contributed by atoms with Gasteiger partial charge in [0, 0.05) is 41.1 Å². The van der Waals surface area contributed by atoms with Gasteiger partial charge in [-0.15, -0.1) is 10.2 Å². The SMILES string of the molecule is Cc1cc(C)n(-c2ccc(Nc3ccc(NC(=O)c4cc(-c5cccnc5)on4)cc3)nn2)n1. The lowest BCUT2D eigenvalue weighted by Gasteiger charge is -2.08. The monoisotopic (exact) mass is 452 g/mol. The smallest absolute Gasteiger partial charge is 0.277 e. The van der Waals surface area contributed by atoms with Gasteiger partial charge in [-0.05, 0) is 68.4 Å². The third-order valence-corrected chi connectivity index (χ3v) is 4.98. The van der Waals surface area contributed by atoms with E-state index >= 15 is 0 Å². The van der Waals surface area contributed by atoms with Crippen LogP contribution in [0.2, 0.25) is 0 Å². The maximum atomic E-state index is 12.5. The number of carbonyl (C=O) groups excluding carboxylic acids is 1. The molecule has 0 aliphatic rings. The third-order valence-electron chi connectivity index (χ3n) is 4.98. The van der Waals surface area contributed by atoms with E-state index in [9.17, 15) is 4.79 Å². The van der Waals surface area contributed by atoms with Crippen molar-refractivity contribution in [2.24, 2.45) is 0 Å². The van der Waals surface area contributed by atoms with Gasteiger partial charge in [-0.2, -0.15) is 5.10 Å². The molecule has 0 saturated heterocycles. The van der Waals surface area contributed by atoms with Crippen LogP contribution in [0.25, 0.3) is 17.1 Å². The Labute approximate surface area is 194 Å². The molecule has 10 heteroatoms. The van der Waals surface area contributed by atoms with Crippen molar-refractivity contribution in [2.45, 2.75) is 13.8 Å². The summed E-state index contributed by atoms with van der Waals surface area (Å²) in [6, 6.07) is 18.1. The average Bonchev–Trinajstić information content (AvgIpc) is 3.48. The number of pyridine rings is 1. The molecule has 0 atom stereocenters. The van der Waals surface area contributed by atoms with E-state index in [2.05, 4.69) is 36.1 Å². The first-order valence-corrected chi connectivity index (χ1v) is 10.5. The predicted molar refractivity (Wildman–Crippen MR) is 126 cm³/mol. The molecule has 4 heterocycles. The number of aryl methyl sites for hydroxylation is 2. The maximum Gasteiger partial charge on any atom is 0.277 e. The number of hydrogen-bond acceptors (Lipinski definition) is 8. The van der Waals surface area contributed by atoms with Crippen LogP contribution in [0.1, 0.15) is 21.9 Å². The molecule has 0 bridgehead atoms.